The summed E-state index contributed by atoms with van der Waals surface area (Å²) in [7, 11) is 0. The molecule has 0 aliphatic rings. The summed E-state index contributed by atoms with van der Waals surface area (Å²) in [4.78, 5) is 21.1. The molecule has 0 radical (unpaired) electrons. The van der Waals surface area contributed by atoms with Crippen molar-refractivity contribution < 1.29 is 9.21 Å². The molecule has 2 heterocycles. The monoisotopic (exact) mass is 418 g/mol. The number of hydrogen-bond donors (Lipinski definition) is 0. The van der Waals surface area contributed by atoms with Gasteiger partial charge < -0.3 is 4.42 Å². The van der Waals surface area contributed by atoms with Crippen LogP contribution in [0, 0.1) is 0 Å². The minimum atomic E-state index is 0.255. The fraction of sp³-hybridized carbons (Fsp3) is 0.444. The molecule has 0 spiro atoms. The highest BCUT2D eigenvalue weighted by Crippen LogP contribution is 2.19. The van der Waals surface area contributed by atoms with Gasteiger partial charge in [0.1, 0.15) is 5.69 Å². The predicted octanol–water partition coefficient (Wildman–Crippen LogP) is 7.24. The summed E-state index contributed by atoms with van der Waals surface area (Å²) in [5.41, 5.74) is 2.99. The van der Waals surface area contributed by atoms with Crippen LogP contribution in [0.2, 0.25) is 0 Å². The van der Waals surface area contributed by atoms with Crippen LogP contribution in [0.5, 0.6) is 0 Å². The van der Waals surface area contributed by atoms with Crippen LogP contribution in [0.3, 0.4) is 0 Å². The average molecular weight is 419 g/mol. The highest BCUT2D eigenvalue weighted by molar-refractivity contribution is 5.96. The summed E-state index contributed by atoms with van der Waals surface area (Å²) in [5, 5.41) is 0. The van der Waals surface area contributed by atoms with Gasteiger partial charge in [0.15, 0.2) is 17.4 Å². The minimum Gasteiger partial charge on any atom is -0.439 e. The van der Waals surface area contributed by atoms with Gasteiger partial charge in [0.05, 0.1) is 6.20 Å². The van der Waals surface area contributed by atoms with Gasteiger partial charge in [-0.1, -0.05) is 69.4 Å². The van der Waals surface area contributed by atoms with Gasteiger partial charge in [0, 0.05) is 24.6 Å². The molecule has 3 rings (SSSR count). The molecule has 1 aromatic carbocycles. The van der Waals surface area contributed by atoms with Crippen molar-refractivity contribution in [2.75, 3.05) is 0 Å². The zero-order valence-electron chi connectivity index (χ0n) is 18.7. The lowest BCUT2D eigenvalue weighted by molar-refractivity contribution is 0.0979. The molecule has 0 unspecified atom stereocenters. The quantitative estimate of drug-likeness (QED) is 0.205. The molecule has 31 heavy (non-hydrogen) atoms. The zero-order chi connectivity index (χ0) is 21.7. The third kappa shape index (κ3) is 7.78. The normalized spacial score (nSPS) is 11.0. The van der Waals surface area contributed by atoms with Crippen molar-refractivity contribution in [3.05, 3.63) is 71.9 Å². The van der Waals surface area contributed by atoms with Crippen LogP contribution in [0.15, 0.2) is 59.3 Å². The van der Waals surface area contributed by atoms with E-state index in [1.165, 1.54) is 31.2 Å². The minimum absolute atomic E-state index is 0.255. The van der Waals surface area contributed by atoms with Crippen molar-refractivity contribution in [1.82, 2.24) is 9.97 Å². The lowest BCUT2D eigenvalue weighted by atomic mass is 10.0. The third-order valence-electron chi connectivity index (χ3n) is 5.61. The van der Waals surface area contributed by atoms with Crippen molar-refractivity contribution in [2.24, 2.45) is 0 Å². The van der Waals surface area contributed by atoms with Gasteiger partial charge in [0.2, 0.25) is 0 Å². The molecule has 0 bridgehead atoms. The number of hydrogen-bond acceptors (Lipinski definition) is 4. The van der Waals surface area contributed by atoms with E-state index in [9.17, 15) is 4.79 Å². The first-order valence-corrected chi connectivity index (χ1v) is 11.7. The number of carbonyl (C=O) groups excluding carboxylic acids is 1. The highest BCUT2D eigenvalue weighted by Gasteiger charge is 2.08. The van der Waals surface area contributed by atoms with Gasteiger partial charge >= 0.3 is 0 Å². The SMILES string of the molecule is CCCCCCc1ccc(C(=O)CCCCCCc2ncc(-c3ccccn3)o2)cc1. The lowest BCUT2D eigenvalue weighted by Gasteiger charge is -2.04. The molecule has 4 heteroatoms. The molecule has 164 valence electrons. The van der Waals surface area contributed by atoms with Crippen LogP contribution >= 0.6 is 0 Å². The maximum atomic E-state index is 12.4. The Labute approximate surface area is 186 Å². The summed E-state index contributed by atoms with van der Waals surface area (Å²) in [6.45, 7) is 2.23. The second-order valence-corrected chi connectivity index (χ2v) is 8.18. The van der Waals surface area contributed by atoms with Gasteiger partial charge in [-0.05, 0) is 43.4 Å². The zero-order valence-corrected chi connectivity index (χ0v) is 18.7. The molecule has 0 aliphatic carbocycles. The van der Waals surface area contributed by atoms with Gasteiger partial charge in [-0.2, -0.15) is 0 Å². The van der Waals surface area contributed by atoms with E-state index in [2.05, 4.69) is 29.0 Å². The number of nitrogens with zero attached hydrogens (tertiary/aromatic N) is 2. The number of pyridine rings is 1. The summed E-state index contributed by atoms with van der Waals surface area (Å²) in [6, 6.07) is 14.0. The number of oxazole rings is 1. The van der Waals surface area contributed by atoms with E-state index >= 15 is 0 Å². The Morgan fingerprint density at radius 2 is 1.61 bits per heavy atom. The number of Topliss-reactive ketones (excluding diaryl/α,β-unsaturated/α-hetero) is 1. The van der Waals surface area contributed by atoms with Crippen LogP contribution in [-0.2, 0) is 12.8 Å². The van der Waals surface area contributed by atoms with E-state index in [1.807, 2.05) is 30.3 Å². The molecule has 3 aromatic rings. The number of aromatic nitrogens is 2. The number of benzene rings is 1. The first-order valence-electron chi connectivity index (χ1n) is 11.7. The first-order chi connectivity index (χ1) is 15.3. The number of aryl methyl sites for hydroxylation is 2. The predicted molar refractivity (Wildman–Crippen MR) is 125 cm³/mol. The Kier molecular flexibility index (Phi) is 9.49. The Hall–Kier alpha value is -2.75. The molecular formula is C27H34N2O2. The maximum absolute atomic E-state index is 12.4. The van der Waals surface area contributed by atoms with Gasteiger partial charge in [-0.3, -0.25) is 9.78 Å². The first kappa shape index (κ1) is 22.9. The van der Waals surface area contributed by atoms with Crippen LogP contribution < -0.4 is 0 Å². The topological polar surface area (TPSA) is 56.0 Å². The summed E-state index contributed by atoms with van der Waals surface area (Å²) >= 11 is 0. The van der Waals surface area contributed by atoms with Crippen LogP contribution in [0.4, 0.5) is 0 Å². The Morgan fingerprint density at radius 1 is 0.839 bits per heavy atom. The molecule has 0 N–H and O–H groups in total. The van der Waals surface area contributed by atoms with Crippen molar-refractivity contribution in [2.45, 2.75) is 77.6 Å². The van der Waals surface area contributed by atoms with Crippen molar-refractivity contribution in [1.29, 1.82) is 0 Å². The average Bonchev–Trinajstić information content (AvgIpc) is 3.29. The molecule has 0 atom stereocenters. The van der Waals surface area contributed by atoms with Crippen molar-refractivity contribution in [3.63, 3.8) is 0 Å². The van der Waals surface area contributed by atoms with Gasteiger partial charge in [-0.25, -0.2) is 4.98 Å². The van der Waals surface area contributed by atoms with Crippen LogP contribution in [0.25, 0.3) is 11.5 Å². The van der Waals surface area contributed by atoms with E-state index < -0.39 is 0 Å². The molecule has 2 aromatic heterocycles. The second kappa shape index (κ2) is 12.8. The molecule has 0 aliphatic heterocycles. The Morgan fingerprint density at radius 3 is 2.39 bits per heavy atom. The Balaban J connectivity index is 1.29. The summed E-state index contributed by atoms with van der Waals surface area (Å²) in [5.74, 6) is 1.73. The maximum Gasteiger partial charge on any atom is 0.194 e. The third-order valence-corrected chi connectivity index (χ3v) is 5.61. The summed E-state index contributed by atoms with van der Waals surface area (Å²) < 4.78 is 5.79. The van der Waals surface area contributed by atoms with E-state index in [-0.39, 0.29) is 5.78 Å². The van der Waals surface area contributed by atoms with Gasteiger partial charge in [-0.15, -0.1) is 0 Å². The molecule has 0 fully saturated rings. The smallest absolute Gasteiger partial charge is 0.194 e. The largest absolute Gasteiger partial charge is 0.439 e. The highest BCUT2D eigenvalue weighted by atomic mass is 16.4. The van der Waals surface area contributed by atoms with Crippen LogP contribution in [-0.4, -0.2) is 15.8 Å². The van der Waals surface area contributed by atoms with Crippen molar-refractivity contribution >= 4 is 5.78 Å². The molecule has 0 saturated carbocycles. The lowest BCUT2D eigenvalue weighted by Crippen LogP contribution is -1.99. The fourth-order valence-electron chi connectivity index (χ4n) is 3.73. The number of ketones is 1. The standard InChI is InChI=1S/C27H34N2O2/c1-2-3-4-7-12-22-16-18-23(19-17-22)25(30)14-8-5-6-9-15-27-29-21-26(31-27)24-13-10-11-20-28-24/h10-11,13,16-21H,2-9,12,14-15H2,1H3. The van der Waals surface area contributed by atoms with E-state index in [0.717, 1.165) is 55.7 Å². The van der Waals surface area contributed by atoms with E-state index in [0.29, 0.717) is 12.2 Å². The number of carbonyl (C=O) groups is 1. The van der Waals surface area contributed by atoms with E-state index in [4.69, 9.17) is 4.42 Å². The van der Waals surface area contributed by atoms with E-state index in [1.54, 1.807) is 12.4 Å². The fourth-order valence-corrected chi connectivity index (χ4v) is 3.73. The summed E-state index contributed by atoms with van der Waals surface area (Å²) in [6.07, 6.45) is 15.2. The molecular weight excluding hydrogens is 384 g/mol. The second-order valence-electron chi connectivity index (χ2n) is 8.18. The molecule has 0 saturated heterocycles. The Bertz CT molecular complexity index is 901. The molecule has 4 nitrogen and oxygen atoms in total. The number of unbranched alkanes of at least 4 members (excludes halogenated alkanes) is 6. The van der Waals surface area contributed by atoms with Crippen molar-refractivity contribution in [3.8, 4) is 11.5 Å². The number of rotatable bonds is 14. The van der Waals surface area contributed by atoms with Crippen LogP contribution in [0.1, 0.15) is 86.5 Å². The molecule has 0 amide bonds. The van der Waals surface area contributed by atoms with Gasteiger partial charge in [0.25, 0.3) is 0 Å².